The normalized spacial score (nSPS) is 12.0. The maximum absolute atomic E-state index is 12.4. The number of hydrogen-bond acceptors (Lipinski definition) is 3. The van der Waals surface area contributed by atoms with E-state index in [2.05, 4.69) is 10.3 Å². The molecular weight excluding hydrogens is 290 g/mol. The molecule has 5 heteroatoms. The summed E-state index contributed by atoms with van der Waals surface area (Å²) in [5, 5.41) is 2.89. The Morgan fingerprint density at radius 1 is 1.30 bits per heavy atom. The summed E-state index contributed by atoms with van der Waals surface area (Å²) in [7, 11) is 1.68. The van der Waals surface area contributed by atoms with Crippen molar-refractivity contribution >= 4 is 5.91 Å². The lowest BCUT2D eigenvalue weighted by atomic mass is 10.1. The molecular formula is C18H23N3O2. The summed E-state index contributed by atoms with van der Waals surface area (Å²) in [5.74, 6) is -0.339. The second-order valence-corrected chi connectivity index (χ2v) is 6.04. The van der Waals surface area contributed by atoms with Gasteiger partial charge in [0.2, 0.25) is 0 Å². The van der Waals surface area contributed by atoms with Crippen LogP contribution >= 0.6 is 0 Å². The van der Waals surface area contributed by atoms with Gasteiger partial charge in [-0.15, -0.1) is 0 Å². The van der Waals surface area contributed by atoms with Crippen LogP contribution in [0, 0.1) is 20.8 Å². The Bertz CT molecular complexity index is 793. The number of rotatable bonds is 4. The van der Waals surface area contributed by atoms with E-state index >= 15 is 0 Å². The van der Waals surface area contributed by atoms with E-state index in [9.17, 15) is 9.59 Å². The lowest BCUT2D eigenvalue weighted by Crippen LogP contribution is -2.38. The maximum Gasteiger partial charge on any atom is 0.263 e. The molecule has 1 unspecified atom stereocenters. The van der Waals surface area contributed by atoms with Gasteiger partial charge in [-0.25, -0.2) is 0 Å². The third-order valence-electron chi connectivity index (χ3n) is 4.05. The molecule has 2 aromatic rings. The zero-order valence-electron chi connectivity index (χ0n) is 14.3. The average molecular weight is 313 g/mol. The molecule has 2 heterocycles. The summed E-state index contributed by atoms with van der Waals surface area (Å²) >= 11 is 0. The van der Waals surface area contributed by atoms with Crippen molar-refractivity contribution in [2.45, 2.75) is 40.2 Å². The number of aromatic nitrogens is 2. The van der Waals surface area contributed by atoms with E-state index in [-0.39, 0.29) is 23.1 Å². The lowest BCUT2D eigenvalue weighted by molar-refractivity contribution is 0.0938. The molecule has 1 N–H and O–H groups in total. The molecule has 2 rings (SSSR count). The van der Waals surface area contributed by atoms with Gasteiger partial charge in [-0.05, 0) is 51.5 Å². The largest absolute Gasteiger partial charge is 0.349 e. The Kier molecular flexibility index (Phi) is 4.98. The van der Waals surface area contributed by atoms with Crippen LogP contribution in [0.3, 0.4) is 0 Å². The van der Waals surface area contributed by atoms with Gasteiger partial charge in [-0.2, -0.15) is 0 Å². The maximum atomic E-state index is 12.4. The van der Waals surface area contributed by atoms with Crippen LogP contribution < -0.4 is 10.9 Å². The standard InChI is InChI=1S/C18H23N3O2/c1-11-9-16(18(23)21(5)14(11)4)17(22)20-13(3)10-15-8-6-7-12(2)19-15/h6-9,13H,10H2,1-5H3,(H,20,22). The molecule has 0 aliphatic carbocycles. The molecule has 0 spiro atoms. The summed E-state index contributed by atoms with van der Waals surface area (Å²) in [6.07, 6.45) is 0.624. The van der Waals surface area contributed by atoms with Crippen molar-refractivity contribution in [3.63, 3.8) is 0 Å². The van der Waals surface area contributed by atoms with E-state index in [0.717, 1.165) is 22.6 Å². The predicted molar refractivity (Wildman–Crippen MR) is 90.8 cm³/mol. The van der Waals surface area contributed by atoms with Crippen molar-refractivity contribution in [2.24, 2.45) is 7.05 Å². The van der Waals surface area contributed by atoms with Crippen LogP contribution in [0.2, 0.25) is 0 Å². The van der Waals surface area contributed by atoms with Crippen molar-refractivity contribution in [1.82, 2.24) is 14.9 Å². The quantitative estimate of drug-likeness (QED) is 0.940. The van der Waals surface area contributed by atoms with Gasteiger partial charge < -0.3 is 9.88 Å². The van der Waals surface area contributed by atoms with Crippen LogP contribution in [0.4, 0.5) is 0 Å². The van der Waals surface area contributed by atoms with Crippen molar-refractivity contribution < 1.29 is 4.79 Å². The molecule has 1 atom stereocenters. The van der Waals surface area contributed by atoms with Crippen molar-refractivity contribution in [1.29, 1.82) is 0 Å². The lowest BCUT2D eigenvalue weighted by Gasteiger charge is -2.15. The number of carbonyl (C=O) groups is 1. The van der Waals surface area contributed by atoms with E-state index in [1.807, 2.05) is 45.9 Å². The van der Waals surface area contributed by atoms with Crippen LogP contribution in [0.25, 0.3) is 0 Å². The van der Waals surface area contributed by atoms with Gasteiger partial charge in [-0.1, -0.05) is 6.07 Å². The number of aryl methyl sites for hydroxylation is 2. The Morgan fingerprint density at radius 2 is 2.00 bits per heavy atom. The van der Waals surface area contributed by atoms with Crippen molar-refractivity contribution in [2.75, 3.05) is 0 Å². The first-order chi connectivity index (χ1) is 10.8. The summed E-state index contributed by atoms with van der Waals surface area (Å²) in [4.78, 5) is 29.1. The molecule has 0 aliphatic rings. The third kappa shape index (κ3) is 3.86. The number of amides is 1. The van der Waals surface area contributed by atoms with Crippen LogP contribution in [0.15, 0.2) is 29.1 Å². The van der Waals surface area contributed by atoms with Crippen LogP contribution in [-0.2, 0) is 13.5 Å². The molecule has 0 aliphatic heterocycles. The number of nitrogens with one attached hydrogen (secondary N) is 1. The van der Waals surface area contributed by atoms with Gasteiger partial charge in [0.25, 0.3) is 11.5 Å². The molecule has 122 valence electrons. The topological polar surface area (TPSA) is 64.0 Å². The highest BCUT2D eigenvalue weighted by molar-refractivity contribution is 5.94. The summed E-state index contributed by atoms with van der Waals surface area (Å²) in [5.41, 5.74) is 3.56. The Balaban J connectivity index is 2.15. The fraction of sp³-hybridized carbons (Fsp3) is 0.389. The summed E-state index contributed by atoms with van der Waals surface area (Å²) in [6.45, 7) is 7.61. The first-order valence-corrected chi connectivity index (χ1v) is 7.70. The fourth-order valence-electron chi connectivity index (χ4n) is 2.52. The second kappa shape index (κ2) is 6.77. The third-order valence-corrected chi connectivity index (χ3v) is 4.05. The van der Waals surface area contributed by atoms with Crippen LogP contribution in [-0.4, -0.2) is 21.5 Å². The van der Waals surface area contributed by atoms with E-state index in [1.165, 1.54) is 4.57 Å². The summed E-state index contributed by atoms with van der Waals surface area (Å²) < 4.78 is 1.51. The number of hydrogen-bond donors (Lipinski definition) is 1. The molecule has 0 saturated carbocycles. The Hall–Kier alpha value is -2.43. The molecule has 1 amide bonds. The van der Waals surface area contributed by atoms with Gasteiger partial charge in [-0.3, -0.25) is 14.6 Å². The second-order valence-electron chi connectivity index (χ2n) is 6.04. The highest BCUT2D eigenvalue weighted by Gasteiger charge is 2.16. The monoisotopic (exact) mass is 313 g/mol. The highest BCUT2D eigenvalue weighted by atomic mass is 16.2. The Labute approximate surface area is 136 Å². The van der Waals surface area contributed by atoms with Crippen molar-refractivity contribution in [3.05, 3.63) is 62.8 Å². The van der Waals surface area contributed by atoms with E-state index in [4.69, 9.17) is 0 Å². The zero-order chi connectivity index (χ0) is 17.1. The average Bonchev–Trinajstić information content (AvgIpc) is 2.48. The van der Waals surface area contributed by atoms with Crippen LogP contribution in [0.5, 0.6) is 0 Å². The van der Waals surface area contributed by atoms with Crippen LogP contribution in [0.1, 0.15) is 39.9 Å². The minimum atomic E-state index is -0.339. The number of pyridine rings is 2. The smallest absolute Gasteiger partial charge is 0.263 e. The fourth-order valence-corrected chi connectivity index (χ4v) is 2.52. The first-order valence-electron chi connectivity index (χ1n) is 7.70. The highest BCUT2D eigenvalue weighted by Crippen LogP contribution is 2.07. The van der Waals surface area contributed by atoms with Gasteiger partial charge in [0.05, 0.1) is 0 Å². The van der Waals surface area contributed by atoms with E-state index in [1.54, 1.807) is 13.1 Å². The molecule has 0 radical (unpaired) electrons. The SMILES string of the molecule is Cc1cccc(CC(C)NC(=O)c2cc(C)c(C)n(C)c2=O)n1. The molecule has 0 aromatic carbocycles. The van der Waals surface area contributed by atoms with Gasteiger partial charge in [0.15, 0.2) is 0 Å². The zero-order valence-corrected chi connectivity index (χ0v) is 14.3. The minimum absolute atomic E-state index is 0.108. The van der Waals surface area contributed by atoms with Crippen molar-refractivity contribution in [3.8, 4) is 0 Å². The van der Waals surface area contributed by atoms with Gasteiger partial charge >= 0.3 is 0 Å². The Morgan fingerprint density at radius 3 is 2.65 bits per heavy atom. The molecule has 23 heavy (non-hydrogen) atoms. The number of carbonyl (C=O) groups excluding carboxylic acids is 1. The summed E-state index contributed by atoms with van der Waals surface area (Å²) in [6, 6.07) is 7.37. The van der Waals surface area contributed by atoms with Gasteiger partial charge in [0.1, 0.15) is 5.56 Å². The molecule has 0 saturated heterocycles. The first kappa shape index (κ1) is 16.9. The molecule has 5 nitrogen and oxygen atoms in total. The molecule has 0 fully saturated rings. The number of nitrogens with zero attached hydrogens (tertiary/aromatic N) is 2. The predicted octanol–water partition coefficient (Wildman–Crippen LogP) is 2.07. The van der Waals surface area contributed by atoms with Gasteiger partial charge in [0, 0.05) is 36.6 Å². The minimum Gasteiger partial charge on any atom is -0.349 e. The van der Waals surface area contributed by atoms with E-state index < -0.39 is 0 Å². The van der Waals surface area contributed by atoms with E-state index in [0.29, 0.717) is 6.42 Å². The molecule has 0 bridgehead atoms. The molecule has 2 aromatic heterocycles.